The first-order valence-corrected chi connectivity index (χ1v) is 6.33. The third-order valence-electron chi connectivity index (χ3n) is 2.09. The van der Waals surface area contributed by atoms with Crippen LogP contribution in [0, 0.1) is 0 Å². The van der Waals surface area contributed by atoms with E-state index in [-0.39, 0.29) is 13.0 Å². The van der Waals surface area contributed by atoms with Gasteiger partial charge in [-0.15, -0.1) is 0 Å². The van der Waals surface area contributed by atoms with Crippen LogP contribution in [0.15, 0.2) is 24.5 Å². The summed E-state index contributed by atoms with van der Waals surface area (Å²) in [6.07, 6.45) is 3.14. The Kier molecular flexibility index (Phi) is 4.53. The zero-order valence-corrected chi connectivity index (χ0v) is 10.5. The van der Waals surface area contributed by atoms with Crippen molar-refractivity contribution in [2.45, 2.75) is 6.42 Å². The Morgan fingerprint density at radius 2 is 2.00 bits per heavy atom. The van der Waals surface area contributed by atoms with Gasteiger partial charge in [0.25, 0.3) is 0 Å². The third-order valence-corrected chi connectivity index (χ3v) is 3.54. The molecule has 0 bridgehead atoms. The van der Waals surface area contributed by atoms with Gasteiger partial charge in [0, 0.05) is 26.0 Å². The molecule has 0 aliphatic heterocycles. The summed E-state index contributed by atoms with van der Waals surface area (Å²) in [4.78, 5) is 13.2. The molecule has 0 aliphatic rings. The lowest BCUT2D eigenvalue weighted by Crippen LogP contribution is -2.37. The van der Waals surface area contributed by atoms with Crippen molar-refractivity contribution >= 4 is 16.2 Å². The second-order valence-corrected chi connectivity index (χ2v) is 5.09. The molecule has 0 radical (unpaired) electrons. The lowest BCUT2D eigenvalue weighted by molar-refractivity contribution is -0.140. The Hall–Kier alpha value is -1.54. The zero-order valence-electron chi connectivity index (χ0n) is 9.66. The van der Waals surface area contributed by atoms with Gasteiger partial charge in [-0.3, -0.25) is 9.47 Å². The van der Waals surface area contributed by atoms with E-state index < -0.39 is 16.2 Å². The second kappa shape index (κ2) is 5.69. The molecule has 0 amide bonds. The number of aromatic nitrogens is 1. The number of carbonyl (C=O) groups excluding carboxylic acids is 1. The molecule has 96 valence electrons. The van der Waals surface area contributed by atoms with Crippen molar-refractivity contribution in [3.8, 4) is 0 Å². The van der Waals surface area contributed by atoms with Crippen molar-refractivity contribution < 1.29 is 17.9 Å². The first kappa shape index (κ1) is 13.5. The molecule has 0 saturated carbocycles. The van der Waals surface area contributed by atoms with Gasteiger partial charge in [0.15, 0.2) is 0 Å². The van der Waals surface area contributed by atoms with Crippen LogP contribution in [0.3, 0.4) is 0 Å². The fourth-order valence-electron chi connectivity index (χ4n) is 1.07. The van der Waals surface area contributed by atoms with Crippen LogP contribution >= 0.6 is 0 Å². The van der Waals surface area contributed by atoms with Crippen molar-refractivity contribution in [2.24, 2.45) is 0 Å². The van der Waals surface area contributed by atoms with Crippen LogP contribution in [0.25, 0.3) is 0 Å². The molecule has 1 aromatic rings. The molecule has 1 aromatic heterocycles. The van der Waals surface area contributed by atoms with Crippen molar-refractivity contribution in [3.05, 3.63) is 24.5 Å². The van der Waals surface area contributed by atoms with Crippen LogP contribution in [0.5, 0.6) is 0 Å². The Morgan fingerprint density at radius 3 is 2.53 bits per heavy atom. The van der Waals surface area contributed by atoms with E-state index in [0.717, 1.165) is 4.31 Å². The van der Waals surface area contributed by atoms with Gasteiger partial charge in [-0.2, -0.15) is 12.7 Å². The van der Waals surface area contributed by atoms with Gasteiger partial charge in [0.1, 0.15) is 0 Å². The normalized spacial score (nSPS) is 11.5. The van der Waals surface area contributed by atoms with E-state index in [2.05, 4.69) is 9.57 Å². The highest BCUT2D eigenvalue weighted by Gasteiger charge is 2.18. The molecule has 7 nitrogen and oxygen atoms in total. The predicted molar refractivity (Wildman–Crippen MR) is 62.0 cm³/mol. The highest BCUT2D eigenvalue weighted by molar-refractivity contribution is 7.90. The smallest absolute Gasteiger partial charge is 0.315 e. The zero-order chi connectivity index (χ0) is 12.9. The van der Waals surface area contributed by atoms with E-state index in [1.165, 1.54) is 18.8 Å². The van der Waals surface area contributed by atoms with Crippen molar-refractivity contribution in [1.82, 2.24) is 8.98 Å². The summed E-state index contributed by atoms with van der Waals surface area (Å²) in [5.41, 5.74) is 0. The average molecular weight is 261 g/mol. The van der Waals surface area contributed by atoms with Gasteiger partial charge in [-0.05, 0) is 12.1 Å². The molecule has 0 aromatic carbocycles. The number of nitrogens with zero attached hydrogens (tertiary/aromatic N) is 2. The van der Waals surface area contributed by atoms with Crippen LogP contribution in [-0.2, 0) is 19.7 Å². The minimum absolute atomic E-state index is 0.0135. The van der Waals surface area contributed by atoms with Crippen LogP contribution in [-0.4, -0.2) is 44.1 Å². The topological polar surface area (TPSA) is 80.6 Å². The number of methoxy groups -OCH3 is 1. The number of esters is 1. The Morgan fingerprint density at radius 1 is 1.41 bits per heavy atom. The van der Waals surface area contributed by atoms with Crippen molar-refractivity contribution in [3.63, 3.8) is 0 Å². The molecule has 1 heterocycles. The van der Waals surface area contributed by atoms with E-state index in [1.807, 2.05) is 0 Å². The van der Waals surface area contributed by atoms with Crippen molar-refractivity contribution in [2.75, 3.05) is 25.5 Å². The second-order valence-electron chi connectivity index (χ2n) is 3.33. The lowest BCUT2D eigenvalue weighted by Gasteiger charge is -2.17. The largest absolute Gasteiger partial charge is 0.469 e. The van der Waals surface area contributed by atoms with Gasteiger partial charge < -0.3 is 4.74 Å². The molecule has 17 heavy (non-hydrogen) atoms. The molecule has 8 heteroatoms. The predicted octanol–water partition coefficient (Wildman–Crippen LogP) is -0.229. The summed E-state index contributed by atoms with van der Waals surface area (Å²) < 4.78 is 30.3. The van der Waals surface area contributed by atoms with E-state index in [1.54, 1.807) is 24.5 Å². The van der Waals surface area contributed by atoms with Crippen LogP contribution in [0.4, 0.5) is 0 Å². The number of rotatable bonds is 6. The Balaban J connectivity index is 2.55. The highest BCUT2D eigenvalue weighted by atomic mass is 32.2. The molecular weight excluding hydrogens is 246 g/mol. The molecule has 0 spiro atoms. The number of ether oxygens (including phenoxy) is 1. The van der Waals surface area contributed by atoms with Gasteiger partial charge in [-0.1, -0.05) is 0 Å². The van der Waals surface area contributed by atoms with Gasteiger partial charge >= 0.3 is 16.2 Å². The minimum Gasteiger partial charge on any atom is -0.469 e. The maximum Gasteiger partial charge on any atom is 0.315 e. The molecule has 0 saturated heterocycles. The molecule has 0 fully saturated rings. The van der Waals surface area contributed by atoms with E-state index >= 15 is 0 Å². The molecule has 0 unspecified atom stereocenters. The van der Waals surface area contributed by atoms with Gasteiger partial charge in [0.2, 0.25) is 0 Å². The first-order chi connectivity index (χ1) is 7.95. The van der Waals surface area contributed by atoms with Crippen LogP contribution in [0.2, 0.25) is 0 Å². The third kappa shape index (κ3) is 4.08. The molecular formula is C9H15N3O4S. The van der Waals surface area contributed by atoms with Crippen LogP contribution < -0.4 is 4.83 Å². The highest BCUT2D eigenvalue weighted by Crippen LogP contribution is 1.99. The van der Waals surface area contributed by atoms with E-state index in [9.17, 15) is 13.2 Å². The maximum absolute atomic E-state index is 11.7. The summed E-state index contributed by atoms with van der Waals surface area (Å²) in [6.45, 7) is 0.0588. The average Bonchev–Trinajstić information content (AvgIpc) is 2.77. The molecule has 0 atom stereocenters. The molecule has 1 rings (SSSR count). The monoisotopic (exact) mass is 261 g/mol. The lowest BCUT2D eigenvalue weighted by atomic mass is 10.4. The number of nitrogens with one attached hydrogen (secondary N) is 1. The number of hydrogen-bond donors (Lipinski definition) is 1. The number of carbonyl (C=O) groups is 1. The Labute approximate surface area is 100 Å². The SMILES string of the molecule is COC(=O)CCN(C)S(=O)(=O)Nn1cccc1. The standard InChI is InChI=1S/C9H15N3O4S/c1-11(8-5-9(13)16-2)17(14,15)10-12-6-3-4-7-12/h3-4,6-7,10H,5,8H2,1-2H3. The fraction of sp³-hybridized carbons (Fsp3) is 0.444. The summed E-state index contributed by atoms with van der Waals surface area (Å²) in [5.74, 6) is -0.451. The maximum atomic E-state index is 11.7. The summed E-state index contributed by atoms with van der Waals surface area (Å²) in [5, 5.41) is 0. The number of hydrogen-bond acceptors (Lipinski definition) is 4. The van der Waals surface area contributed by atoms with E-state index in [4.69, 9.17) is 0 Å². The summed E-state index contributed by atoms with van der Waals surface area (Å²) in [7, 11) is -1.01. The molecule has 1 N–H and O–H groups in total. The quantitative estimate of drug-likeness (QED) is 0.717. The van der Waals surface area contributed by atoms with Crippen molar-refractivity contribution in [1.29, 1.82) is 0 Å². The summed E-state index contributed by atoms with van der Waals surface area (Å²) >= 11 is 0. The summed E-state index contributed by atoms with van der Waals surface area (Å²) in [6, 6.07) is 3.38. The Bertz CT molecular complexity index is 455. The minimum atomic E-state index is -3.65. The van der Waals surface area contributed by atoms with Crippen LogP contribution in [0.1, 0.15) is 6.42 Å². The molecule has 0 aliphatic carbocycles. The van der Waals surface area contributed by atoms with Gasteiger partial charge in [-0.25, -0.2) is 4.83 Å². The van der Waals surface area contributed by atoms with Gasteiger partial charge in [0.05, 0.1) is 13.5 Å². The fourth-order valence-corrected chi connectivity index (χ4v) is 1.93. The first-order valence-electron chi connectivity index (χ1n) is 4.89. The van der Waals surface area contributed by atoms with E-state index in [0.29, 0.717) is 0 Å².